The number of carbonyl (C=O) groups is 2. The van der Waals surface area contributed by atoms with Crippen molar-refractivity contribution in [2.45, 2.75) is 26.0 Å². The predicted molar refractivity (Wildman–Crippen MR) is 80.0 cm³/mol. The average molecular weight is 371 g/mol. The SMILES string of the molecule is C[C@@H](O)[C@H]1C(=O)N2C(C(=O)[O-])=C(c3ncn4ccsc34)[C@H](C)[C@H]12.[K+]. The van der Waals surface area contributed by atoms with Gasteiger partial charge in [0, 0.05) is 23.1 Å². The molecule has 2 aliphatic heterocycles. The van der Waals surface area contributed by atoms with Crippen molar-refractivity contribution < 1.29 is 71.2 Å². The van der Waals surface area contributed by atoms with Crippen molar-refractivity contribution in [3.05, 3.63) is 29.3 Å². The van der Waals surface area contributed by atoms with Crippen molar-refractivity contribution in [1.82, 2.24) is 14.3 Å². The Morgan fingerprint density at radius 3 is 2.83 bits per heavy atom. The summed E-state index contributed by atoms with van der Waals surface area (Å²) in [6, 6.07) is -0.359. The molecule has 0 spiro atoms. The number of nitrogens with zero attached hydrogens (tertiary/aromatic N) is 3. The summed E-state index contributed by atoms with van der Waals surface area (Å²) >= 11 is 1.45. The van der Waals surface area contributed by atoms with Gasteiger partial charge in [0.25, 0.3) is 0 Å². The number of aliphatic carboxylic acids is 1. The van der Waals surface area contributed by atoms with Gasteiger partial charge in [-0.25, -0.2) is 4.98 Å². The fraction of sp³-hybridized carbons (Fsp3) is 0.400. The molecular formula is C15H14KN3O4S. The number of carboxylic acid groups (broad SMARTS) is 1. The number of carbonyl (C=O) groups excluding carboxylic acids is 2. The summed E-state index contributed by atoms with van der Waals surface area (Å²) in [4.78, 5) is 30.4. The molecule has 1 saturated heterocycles. The number of amides is 1. The maximum atomic E-state index is 12.3. The first kappa shape index (κ1) is 18.2. The van der Waals surface area contributed by atoms with Crippen LogP contribution in [0.2, 0.25) is 0 Å². The fourth-order valence-electron chi connectivity index (χ4n) is 3.79. The van der Waals surface area contributed by atoms with Gasteiger partial charge < -0.3 is 19.9 Å². The van der Waals surface area contributed by atoms with Gasteiger partial charge in [0.05, 0.1) is 29.7 Å². The minimum Gasteiger partial charge on any atom is -0.543 e. The van der Waals surface area contributed by atoms with E-state index in [9.17, 15) is 19.8 Å². The van der Waals surface area contributed by atoms with Gasteiger partial charge in [0.2, 0.25) is 5.91 Å². The molecule has 9 heteroatoms. The van der Waals surface area contributed by atoms with Crippen molar-refractivity contribution in [2.75, 3.05) is 0 Å². The Labute approximate surface area is 184 Å². The number of carboxylic acids is 1. The van der Waals surface area contributed by atoms with E-state index in [1.165, 1.54) is 16.2 Å². The number of β-lactam (4-membered cyclic amide) rings is 1. The number of aromatic nitrogens is 2. The van der Waals surface area contributed by atoms with E-state index < -0.39 is 18.0 Å². The van der Waals surface area contributed by atoms with Crippen LogP contribution < -0.4 is 56.5 Å². The summed E-state index contributed by atoms with van der Waals surface area (Å²) in [6.07, 6.45) is 2.64. The van der Waals surface area contributed by atoms with Crippen molar-refractivity contribution in [3.63, 3.8) is 0 Å². The van der Waals surface area contributed by atoms with Gasteiger partial charge in [-0.1, -0.05) is 6.92 Å². The zero-order valence-corrected chi connectivity index (χ0v) is 17.4. The van der Waals surface area contributed by atoms with Crippen molar-refractivity contribution >= 4 is 33.6 Å². The zero-order chi connectivity index (χ0) is 16.5. The van der Waals surface area contributed by atoms with E-state index in [1.54, 1.807) is 13.3 Å². The van der Waals surface area contributed by atoms with Gasteiger partial charge in [-0.15, -0.1) is 11.3 Å². The summed E-state index contributed by atoms with van der Waals surface area (Å²) in [7, 11) is 0. The maximum Gasteiger partial charge on any atom is 1.00 e. The van der Waals surface area contributed by atoms with E-state index in [4.69, 9.17) is 0 Å². The summed E-state index contributed by atoms with van der Waals surface area (Å²) in [5.41, 5.74) is 0.966. The second kappa shape index (κ2) is 6.31. The molecule has 0 aromatic carbocycles. The van der Waals surface area contributed by atoms with Crippen LogP contribution in [-0.2, 0) is 9.59 Å². The molecule has 0 unspecified atom stereocenters. The van der Waals surface area contributed by atoms with Gasteiger partial charge >= 0.3 is 51.4 Å². The topological polar surface area (TPSA) is 98.0 Å². The number of aliphatic hydroxyl groups excluding tert-OH is 1. The number of hydrogen-bond acceptors (Lipinski definition) is 6. The number of fused-ring (bicyclic) bond motifs is 2. The van der Waals surface area contributed by atoms with Gasteiger partial charge in [0.1, 0.15) is 16.9 Å². The molecule has 1 amide bonds. The first-order chi connectivity index (χ1) is 10.9. The minimum absolute atomic E-state index is 0. The minimum atomic E-state index is -1.38. The Hall–Kier alpha value is -0.554. The molecule has 7 nitrogen and oxygen atoms in total. The molecule has 4 atom stereocenters. The number of thiazole rings is 1. The largest absolute Gasteiger partial charge is 1.00 e. The maximum absolute atomic E-state index is 12.3. The third-order valence-electron chi connectivity index (χ3n) is 4.77. The molecule has 2 aromatic rings. The molecule has 0 radical (unpaired) electrons. The van der Waals surface area contributed by atoms with E-state index in [0.717, 1.165) is 4.83 Å². The normalized spacial score (nSPS) is 27.0. The summed E-state index contributed by atoms with van der Waals surface area (Å²) < 4.78 is 1.82. The van der Waals surface area contributed by atoms with Gasteiger partial charge in [0.15, 0.2) is 0 Å². The molecule has 0 aliphatic carbocycles. The Bertz CT molecular complexity index is 871. The monoisotopic (exact) mass is 371 g/mol. The number of aliphatic hydroxyl groups is 1. The summed E-state index contributed by atoms with van der Waals surface area (Å²) in [5.74, 6) is -2.57. The Morgan fingerprint density at radius 1 is 1.50 bits per heavy atom. The number of imidazole rings is 1. The molecule has 4 heterocycles. The van der Waals surface area contributed by atoms with Crippen LogP contribution in [0.3, 0.4) is 0 Å². The van der Waals surface area contributed by atoms with E-state index in [1.807, 2.05) is 22.9 Å². The van der Waals surface area contributed by atoms with Crippen molar-refractivity contribution in [1.29, 1.82) is 0 Å². The molecule has 2 aliphatic rings. The van der Waals surface area contributed by atoms with Crippen LogP contribution in [0.25, 0.3) is 10.4 Å². The van der Waals surface area contributed by atoms with Crippen LogP contribution in [0.4, 0.5) is 0 Å². The Kier molecular flexibility index (Phi) is 4.80. The van der Waals surface area contributed by atoms with Crippen LogP contribution in [0.5, 0.6) is 0 Å². The zero-order valence-electron chi connectivity index (χ0n) is 13.5. The molecule has 1 fully saturated rings. The van der Waals surface area contributed by atoms with Crippen LogP contribution in [0.15, 0.2) is 23.6 Å². The number of rotatable bonds is 3. The van der Waals surface area contributed by atoms with Crippen molar-refractivity contribution in [3.8, 4) is 0 Å². The van der Waals surface area contributed by atoms with E-state index in [0.29, 0.717) is 11.3 Å². The van der Waals surface area contributed by atoms with Crippen LogP contribution in [0.1, 0.15) is 19.5 Å². The average Bonchev–Trinajstić information content (AvgIpc) is 3.11. The standard InChI is InChI=1S/C15H15N3O4S.K/c1-6-8(10-14-17(5-16-10)3-4-23-14)12(15(21)22)18-11(6)9(7(2)19)13(18)20;/h3-7,9,11,19H,1-2H3,(H,21,22);/q;+1/p-1/t6-,7+,9+,11+;/m0./s1. The summed E-state index contributed by atoms with van der Waals surface area (Å²) in [6.45, 7) is 3.42. The first-order valence-corrected chi connectivity index (χ1v) is 8.18. The third-order valence-corrected chi connectivity index (χ3v) is 5.66. The Balaban J connectivity index is 0.00000169. The van der Waals surface area contributed by atoms with Crippen molar-refractivity contribution in [2.24, 2.45) is 11.8 Å². The smallest absolute Gasteiger partial charge is 0.543 e. The molecular weight excluding hydrogens is 357 g/mol. The van der Waals surface area contributed by atoms with E-state index >= 15 is 0 Å². The fourth-order valence-corrected chi connectivity index (χ4v) is 4.61. The molecule has 120 valence electrons. The van der Waals surface area contributed by atoms with Gasteiger partial charge in [-0.2, -0.15) is 0 Å². The van der Waals surface area contributed by atoms with Gasteiger partial charge in [-0.05, 0) is 6.92 Å². The first-order valence-electron chi connectivity index (χ1n) is 7.30. The van der Waals surface area contributed by atoms with Crippen LogP contribution in [0, 0.1) is 11.8 Å². The second-order valence-corrected chi connectivity index (χ2v) is 6.91. The molecule has 2 aromatic heterocycles. The molecule has 24 heavy (non-hydrogen) atoms. The predicted octanol–water partition coefficient (Wildman–Crippen LogP) is -3.28. The molecule has 0 bridgehead atoms. The van der Waals surface area contributed by atoms with Crippen LogP contribution in [-0.4, -0.2) is 43.4 Å². The Morgan fingerprint density at radius 2 is 2.21 bits per heavy atom. The third kappa shape index (κ3) is 2.30. The van der Waals surface area contributed by atoms with E-state index in [-0.39, 0.29) is 74.9 Å². The van der Waals surface area contributed by atoms with Gasteiger partial charge in [-0.3, -0.25) is 9.20 Å². The molecule has 4 rings (SSSR count). The second-order valence-electron chi connectivity index (χ2n) is 6.01. The molecule has 0 saturated carbocycles. The van der Waals surface area contributed by atoms with E-state index in [2.05, 4.69) is 4.98 Å². The molecule has 1 N–H and O–H groups in total. The summed E-state index contributed by atoms with van der Waals surface area (Å²) in [5, 5.41) is 23.4. The number of hydrogen-bond donors (Lipinski definition) is 1. The quantitative estimate of drug-likeness (QED) is 0.451. The van der Waals surface area contributed by atoms with Crippen LogP contribution >= 0.6 is 11.3 Å².